The van der Waals surface area contributed by atoms with Crippen LogP contribution in [-0.4, -0.2) is 81.3 Å². The van der Waals surface area contributed by atoms with Crippen molar-refractivity contribution in [2.75, 3.05) is 64.4 Å². The number of morpholine rings is 1. The van der Waals surface area contributed by atoms with Gasteiger partial charge in [-0.15, -0.1) is 24.0 Å². The Balaban J connectivity index is 0.00000300. The molecule has 2 aliphatic heterocycles. The van der Waals surface area contributed by atoms with Crippen molar-refractivity contribution in [2.45, 2.75) is 32.9 Å². The van der Waals surface area contributed by atoms with E-state index in [1.807, 2.05) is 37.9 Å². The molecule has 1 aromatic carbocycles. The number of rotatable bonds is 6. The molecule has 0 bridgehead atoms. The summed E-state index contributed by atoms with van der Waals surface area (Å²) in [6, 6.07) is 6.08. The molecule has 164 valence electrons. The highest BCUT2D eigenvalue weighted by atomic mass is 127. The Morgan fingerprint density at radius 1 is 1.24 bits per heavy atom. The molecule has 0 saturated carbocycles. The molecule has 1 aromatic rings. The van der Waals surface area contributed by atoms with Crippen LogP contribution in [0, 0.1) is 5.82 Å². The van der Waals surface area contributed by atoms with E-state index >= 15 is 0 Å². The van der Waals surface area contributed by atoms with E-state index in [2.05, 4.69) is 20.1 Å². The molecule has 0 radical (unpaired) electrons. The van der Waals surface area contributed by atoms with Crippen LogP contribution in [-0.2, 0) is 11.3 Å². The second-order valence-corrected chi connectivity index (χ2v) is 7.40. The minimum Gasteiger partial charge on any atom is -0.379 e. The predicted octanol–water partition coefficient (Wildman–Crippen LogP) is 2.77. The first kappa shape index (κ1) is 24.1. The lowest BCUT2D eigenvalue weighted by atomic mass is 10.2. The fourth-order valence-electron chi connectivity index (χ4n) is 4.17. The number of anilines is 1. The maximum Gasteiger partial charge on any atom is 0.193 e. The molecule has 29 heavy (non-hydrogen) atoms. The first-order valence-corrected chi connectivity index (χ1v) is 10.5. The quantitative estimate of drug-likeness (QED) is 0.356. The Hall–Kier alpha value is -1.13. The summed E-state index contributed by atoms with van der Waals surface area (Å²) in [4.78, 5) is 11.3. The maximum absolute atomic E-state index is 14.5. The molecule has 2 aliphatic rings. The minimum atomic E-state index is -0.161. The third kappa shape index (κ3) is 6.18. The van der Waals surface area contributed by atoms with E-state index in [4.69, 9.17) is 4.74 Å². The van der Waals surface area contributed by atoms with Crippen molar-refractivity contribution in [3.8, 4) is 0 Å². The molecule has 1 unspecified atom stereocenters. The van der Waals surface area contributed by atoms with Crippen LogP contribution < -0.4 is 10.2 Å². The van der Waals surface area contributed by atoms with Crippen molar-refractivity contribution >= 4 is 35.6 Å². The monoisotopic (exact) mass is 519 g/mol. The molecule has 0 aromatic heterocycles. The van der Waals surface area contributed by atoms with Crippen LogP contribution in [0.25, 0.3) is 0 Å². The molecule has 8 heteroatoms. The normalized spacial score (nSPS) is 20.5. The van der Waals surface area contributed by atoms with Gasteiger partial charge in [0.05, 0.1) is 18.9 Å². The summed E-state index contributed by atoms with van der Waals surface area (Å²) in [6.07, 6.45) is 1.15. The molecule has 0 spiro atoms. The first-order chi connectivity index (χ1) is 13.7. The number of benzene rings is 1. The highest BCUT2D eigenvalue weighted by Gasteiger charge is 2.30. The topological polar surface area (TPSA) is 43.3 Å². The fourth-order valence-corrected chi connectivity index (χ4v) is 4.17. The number of halogens is 2. The van der Waals surface area contributed by atoms with Gasteiger partial charge in [0, 0.05) is 58.9 Å². The molecule has 0 amide bonds. The summed E-state index contributed by atoms with van der Waals surface area (Å²) in [5.74, 6) is 0.732. The Bertz CT molecular complexity index is 664. The summed E-state index contributed by atoms with van der Waals surface area (Å²) in [5, 5.41) is 3.41. The van der Waals surface area contributed by atoms with Gasteiger partial charge in [-0.1, -0.05) is 6.07 Å². The third-order valence-electron chi connectivity index (χ3n) is 5.80. The van der Waals surface area contributed by atoms with Crippen LogP contribution in [0.1, 0.15) is 25.8 Å². The molecule has 2 heterocycles. The third-order valence-corrected chi connectivity index (χ3v) is 5.80. The number of ether oxygens (including phenoxy) is 1. The van der Waals surface area contributed by atoms with Crippen LogP contribution >= 0.6 is 24.0 Å². The Morgan fingerprint density at radius 3 is 2.59 bits per heavy atom. The second kappa shape index (κ2) is 11.9. The maximum atomic E-state index is 14.5. The van der Waals surface area contributed by atoms with E-state index in [1.165, 1.54) is 0 Å². The predicted molar refractivity (Wildman–Crippen MR) is 128 cm³/mol. The minimum absolute atomic E-state index is 0. The van der Waals surface area contributed by atoms with Crippen LogP contribution in [0.3, 0.4) is 0 Å². The van der Waals surface area contributed by atoms with Gasteiger partial charge in [-0.2, -0.15) is 0 Å². The highest BCUT2D eigenvalue weighted by Crippen LogP contribution is 2.21. The fraction of sp³-hybridized carbons (Fsp3) is 0.667. The summed E-state index contributed by atoms with van der Waals surface area (Å²) >= 11 is 0. The molecule has 2 saturated heterocycles. The number of hydrogen-bond acceptors (Lipinski definition) is 4. The summed E-state index contributed by atoms with van der Waals surface area (Å²) in [6.45, 7) is 11.9. The van der Waals surface area contributed by atoms with Gasteiger partial charge in [0.2, 0.25) is 0 Å². The first-order valence-electron chi connectivity index (χ1n) is 10.5. The van der Waals surface area contributed by atoms with Gasteiger partial charge < -0.3 is 19.9 Å². The Kier molecular flexibility index (Phi) is 9.91. The van der Waals surface area contributed by atoms with Gasteiger partial charge in [0.1, 0.15) is 5.82 Å². The number of guanidine groups is 1. The molecular formula is C21H35FIN5O. The lowest BCUT2D eigenvalue weighted by Gasteiger charge is -2.32. The van der Waals surface area contributed by atoms with Gasteiger partial charge in [0.25, 0.3) is 0 Å². The van der Waals surface area contributed by atoms with E-state index in [9.17, 15) is 4.39 Å². The number of hydrogen-bond donors (Lipinski definition) is 1. The van der Waals surface area contributed by atoms with Crippen molar-refractivity contribution in [2.24, 2.45) is 4.99 Å². The zero-order valence-corrected chi connectivity index (χ0v) is 20.2. The number of nitrogens with one attached hydrogen (secondary N) is 1. The number of likely N-dealkylation sites (tertiary alicyclic amines) is 1. The van der Waals surface area contributed by atoms with Crippen molar-refractivity contribution < 1.29 is 9.13 Å². The molecule has 2 fully saturated rings. The van der Waals surface area contributed by atoms with E-state index in [0.717, 1.165) is 70.4 Å². The van der Waals surface area contributed by atoms with Gasteiger partial charge in [-0.05, 0) is 38.0 Å². The lowest BCUT2D eigenvalue weighted by Crippen LogP contribution is -2.46. The zero-order valence-electron chi connectivity index (χ0n) is 17.9. The van der Waals surface area contributed by atoms with Crippen LogP contribution in [0.2, 0.25) is 0 Å². The standard InChI is InChI=1S/C21H34FN5O.HI/c1-4-25(5-2)20-7-6-17(14-19(20)22)15-24-21(23-3)27-9-8-18(16-27)26-10-12-28-13-11-26;/h6-7,14,18H,4-5,8-13,15-16H2,1-3H3,(H,23,24);1H. The van der Waals surface area contributed by atoms with Gasteiger partial charge in [0.15, 0.2) is 5.96 Å². The SMILES string of the molecule is CCN(CC)c1ccc(CNC(=NC)N2CCC(N3CCOCC3)C2)cc1F.I. The Labute approximate surface area is 191 Å². The molecule has 3 rings (SSSR count). The van der Waals surface area contributed by atoms with E-state index < -0.39 is 0 Å². The van der Waals surface area contributed by atoms with Crippen molar-refractivity contribution in [1.82, 2.24) is 15.1 Å². The Morgan fingerprint density at radius 2 is 1.97 bits per heavy atom. The molecule has 0 aliphatic carbocycles. The van der Waals surface area contributed by atoms with E-state index in [-0.39, 0.29) is 29.8 Å². The molecule has 1 atom stereocenters. The summed E-state index contributed by atoms with van der Waals surface area (Å²) in [5.41, 5.74) is 1.60. The average molecular weight is 519 g/mol. The van der Waals surface area contributed by atoms with Crippen LogP contribution in [0.15, 0.2) is 23.2 Å². The van der Waals surface area contributed by atoms with Crippen LogP contribution in [0.4, 0.5) is 10.1 Å². The van der Waals surface area contributed by atoms with E-state index in [0.29, 0.717) is 18.3 Å². The second-order valence-electron chi connectivity index (χ2n) is 7.40. The van der Waals surface area contributed by atoms with Crippen molar-refractivity contribution in [3.63, 3.8) is 0 Å². The van der Waals surface area contributed by atoms with Gasteiger partial charge >= 0.3 is 0 Å². The summed E-state index contributed by atoms with van der Waals surface area (Å²) in [7, 11) is 1.81. The zero-order chi connectivity index (χ0) is 19.9. The molecule has 1 N–H and O–H groups in total. The van der Waals surface area contributed by atoms with Gasteiger partial charge in [-0.3, -0.25) is 9.89 Å². The largest absolute Gasteiger partial charge is 0.379 e. The molecular weight excluding hydrogens is 484 g/mol. The van der Waals surface area contributed by atoms with Crippen molar-refractivity contribution in [1.29, 1.82) is 0 Å². The average Bonchev–Trinajstić information content (AvgIpc) is 3.21. The van der Waals surface area contributed by atoms with Crippen molar-refractivity contribution in [3.05, 3.63) is 29.6 Å². The summed E-state index contributed by atoms with van der Waals surface area (Å²) < 4.78 is 20.0. The number of aliphatic imine (C=N–C) groups is 1. The van der Waals surface area contributed by atoms with E-state index in [1.54, 1.807) is 6.07 Å². The highest BCUT2D eigenvalue weighted by molar-refractivity contribution is 14.0. The van der Waals surface area contributed by atoms with Gasteiger partial charge in [-0.25, -0.2) is 4.39 Å². The lowest BCUT2D eigenvalue weighted by molar-refractivity contribution is 0.0195. The number of nitrogens with zero attached hydrogens (tertiary/aromatic N) is 4. The smallest absolute Gasteiger partial charge is 0.193 e. The van der Waals surface area contributed by atoms with Crippen LogP contribution in [0.5, 0.6) is 0 Å². The molecule has 6 nitrogen and oxygen atoms in total.